The molecule has 138 valence electrons. The van der Waals surface area contributed by atoms with Crippen LogP contribution in [-0.4, -0.2) is 56.5 Å². The number of benzene rings is 1. The van der Waals surface area contributed by atoms with Crippen molar-refractivity contribution in [2.24, 2.45) is 7.05 Å². The van der Waals surface area contributed by atoms with Crippen LogP contribution in [0.25, 0.3) is 0 Å². The number of methoxy groups -OCH3 is 1. The van der Waals surface area contributed by atoms with E-state index in [1.165, 1.54) is 18.5 Å². The number of nitrogens with one attached hydrogen (secondary N) is 2. The predicted molar refractivity (Wildman–Crippen MR) is 91.7 cm³/mol. The summed E-state index contributed by atoms with van der Waals surface area (Å²) < 4.78 is 39.0. The van der Waals surface area contributed by atoms with Crippen LogP contribution in [-0.2, 0) is 28.4 Å². The fraction of sp³-hybridized carbons (Fsp3) is 0.467. The third kappa shape index (κ3) is 6.09. The maximum absolute atomic E-state index is 12.2. The highest BCUT2D eigenvalue weighted by atomic mass is 32.2. The van der Waals surface area contributed by atoms with E-state index in [9.17, 15) is 8.42 Å². The maximum Gasteiger partial charge on any atom is 0.240 e. The molecule has 0 aliphatic carbocycles. The quantitative estimate of drug-likeness (QED) is 0.533. The number of rotatable bonds is 11. The van der Waals surface area contributed by atoms with Crippen molar-refractivity contribution in [1.29, 1.82) is 0 Å². The van der Waals surface area contributed by atoms with Crippen molar-refractivity contribution >= 4 is 10.0 Å². The molecule has 2 aromatic rings. The molecule has 0 bridgehead atoms. The first-order chi connectivity index (χ1) is 12.0. The number of hydrogen-bond donors (Lipinski definition) is 2. The van der Waals surface area contributed by atoms with E-state index < -0.39 is 10.0 Å². The van der Waals surface area contributed by atoms with Gasteiger partial charge in [-0.1, -0.05) is 0 Å². The van der Waals surface area contributed by atoms with Crippen molar-refractivity contribution < 1.29 is 17.9 Å². The Bertz CT molecular complexity index is 746. The Morgan fingerprint density at radius 3 is 2.56 bits per heavy atom. The largest absolute Gasteiger partial charge is 0.486 e. The third-order valence-corrected chi connectivity index (χ3v) is 4.86. The van der Waals surface area contributed by atoms with E-state index in [-0.39, 0.29) is 11.5 Å². The normalized spacial score (nSPS) is 11.6. The monoisotopic (exact) mass is 369 g/mol. The standard InChI is InChI=1S/C15H23N5O4S/c1-20-15(17-12-18-20)11-24-13-3-5-14(6-4-13)25(21,22)19-8-7-16-9-10-23-2/h3-6,12,16,19H,7-11H2,1-2H3. The van der Waals surface area contributed by atoms with Crippen molar-refractivity contribution in [3.8, 4) is 5.75 Å². The van der Waals surface area contributed by atoms with Gasteiger partial charge in [-0.3, -0.25) is 4.68 Å². The summed E-state index contributed by atoms with van der Waals surface area (Å²) >= 11 is 0. The lowest BCUT2D eigenvalue weighted by atomic mass is 10.3. The van der Waals surface area contributed by atoms with Gasteiger partial charge in [0.05, 0.1) is 11.5 Å². The lowest BCUT2D eigenvalue weighted by molar-refractivity contribution is 0.199. The topological polar surface area (TPSA) is 107 Å². The Hall–Kier alpha value is -2.01. The highest BCUT2D eigenvalue weighted by Crippen LogP contribution is 2.16. The summed E-state index contributed by atoms with van der Waals surface area (Å²) in [4.78, 5) is 4.25. The van der Waals surface area contributed by atoms with Crippen LogP contribution in [0.4, 0.5) is 0 Å². The van der Waals surface area contributed by atoms with Crippen LogP contribution in [0.2, 0.25) is 0 Å². The second-order valence-electron chi connectivity index (χ2n) is 5.20. The summed E-state index contributed by atoms with van der Waals surface area (Å²) in [5.41, 5.74) is 0. The molecular weight excluding hydrogens is 346 g/mol. The summed E-state index contributed by atoms with van der Waals surface area (Å²) in [5, 5.41) is 7.02. The van der Waals surface area contributed by atoms with E-state index in [0.29, 0.717) is 37.8 Å². The molecule has 2 rings (SSSR count). The first kappa shape index (κ1) is 19.3. The third-order valence-electron chi connectivity index (χ3n) is 3.38. The van der Waals surface area contributed by atoms with Gasteiger partial charge in [-0.25, -0.2) is 18.1 Å². The zero-order chi connectivity index (χ0) is 18.1. The number of aromatic nitrogens is 3. The Kier molecular flexibility index (Phi) is 7.31. The molecule has 1 aromatic carbocycles. The minimum Gasteiger partial charge on any atom is -0.486 e. The molecule has 0 aliphatic heterocycles. The number of hydrogen-bond acceptors (Lipinski definition) is 7. The summed E-state index contributed by atoms with van der Waals surface area (Å²) in [7, 11) is -0.147. The molecule has 0 amide bonds. The van der Waals surface area contributed by atoms with E-state index in [0.717, 1.165) is 0 Å². The maximum atomic E-state index is 12.2. The lowest BCUT2D eigenvalue weighted by Crippen LogP contribution is -2.33. The molecule has 25 heavy (non-hydrogen) atoms. The Balaban J connectivity index is 1.82. The van der Waals surface area contributed by atoms with Gasteiger partial charge in [-0.15, -0.1) is 0 Å². The number of ether oxygens (including phenoxy) is 2. The van der Waals surface area contributed by atoms with E-state index in [1.54, 1.807) is 31.0 Å². The molecule has 1 heterocycles. The Morgan fingerprint density at radius 2 is 1.92 bits per heavy atom. The van der Waals surface area contributed by atoms with Gasteiger partial charge >= 0.3 is 0 Å². The number of sulfonamides is 1. The summed E-state index contributed by atoms with van der Waals surface area (Å²) in [6, 6.07) is 6.24. The Labute approximate surface area is 147 Å². The van der Waals surface area contributed by atoms with Crippen molar-refractivity contribution in [2.75, 3.05) is 33.4 Å². The minimum atomic E-state index is -3.54. The predicted octanol–water partition coefficient (Wildman–Crippen LogP) is -0.0916. The van der Waals surface area contributed by atoms with Gasteiger partial charge in [0.25, 0.3) is 0 Å². The molecule has 0 spiro atoms. The van der Waals surface area contributed by atoms with Crippen LogP contribution in [0, 0.1) is 0 Å². The summed E-state index contributed by atoms with van der Waals surface area (Å²) in [6.45, 7) is 2.35. The van der Waals surface area contributed by atoms with E-state index in [2.05, 4.69) is 20.1 Å². The molecule has 0 atom stereocenters. The van der Waals surface area contributed by atoms with Crippen LogP contribution in [0.3, 0.4) is 0 Å². The molecule has 0 fully saturated rings. The molecule has 9 nitrogen and oxygen atoms in total. The number of aryl methyl sites for hydroxylation is 1. The van der Waals surface area contributed by atoms with E-state index >= 15 is 0 Å². The summed E-state index contributed by atoms with van der Waals surface area (Å²) in [6.07, 6.45) is 1.45. The van der Waals surface area contributed by atoms with Crippen molar-refractivity contribution in [3.05, 3.63) is 36.4 Å². The second-order valence-corrected chi connectivity index (χ2v) is 6.97. The van der Waals surface area contributed by atoms with Crippen LogP contribution < -0.4 is 14.8 Å². The van der Waals surface area contributed by atoms with Gasteiger partial charge in [-0.05, 0) is 24.3 Å². The van der Waals surface area contributed by atoms with E-state index in [1.807, 2.05) is 0 Å². The highest BCUT2D eigenvalue weighted by molar-refractivity contribution is 7.89. The van der Waals surface area contributed by atoms with Crippen LogP contribution >= 0.6 is 0 Å². The van der Waals surface area contributed by atoms with Gasteiger partial charge in [0.15, 0.2) is 5.82 Å². The zero-order valence-electron chi connectivity index (χ0n) is 14.3. The molecule has 0 saturated heterocycles. The fourth-order valence-electron chi connectivity index (χ4n) is 1.97. The second kappa shape index (κ2) is 9.47. The van der Waals surface area contributed by atoms with Gasteiger partial charge in [0.1, 0.15) is 18.7 Å². The molecule has 0 aliphatic rings. The Morgan fingerprint density at radius 1 is 1.16 bits per heavy atom. The average Bonchev–Trinajstić information content (AvgIpc) is 3.01. The van der Waals surface area contributed by atoms with Crippen LogP contribution in [0.15, 0.2) is 35.5 Å². The van der Waals surface area contributed by atoms with Crippen LogP contribution in [0.5, 0.6) is 5.75 Å². The SMILES string of the molecule is COCCNCCNS(=O)(=O)c1ccc(OCc2ncnn2C)cc1. The summed E-state index contributed by atoms with van der Waals surface area (Å²) in [5.74, 6) is 1.24. The smallest absolute Gasteiger partial charge is 0.240 e. The van der Waals surface area contributed by atoms with Gasteiger partial charge in [-0.2, -0.15) is 5.10 Å². The average molecular weight is 369 g/mol. The molecule has 2 N–H and O–H groups in total. The van der Waals surface area contributed by atoms with Gasteiger partial charge in [0.2, 0.25) is 10.0 Å². The molecule has 10 heteroatoms. The van der Waals surface area contributed by atoms with E-state index in [4.69, 9.17) is 9.47 Å². The first-order valence-corrected chi connectivity index (χ1v) is 9.26. The van der Waals surface area contributed by atoms with Gasteiger partial charge < -0.3 is 14.8 Å². The minimum absolute atomic E-state index is 0.190. The lowest BCUT2D eigenvalue weighted by Gasteiger charge is -2.09. The first-order valence-electron chi connectivity index (χ1n) is 7.78. The molecule has 0 radical (unpaired) electrons. The molecular formula is C15H23N5O4S. The zero-order valence-corrected chi connectivity index (χ0v) is 15.1. The van der Waals surface area contributed by atoms with Crippen molar-refractivity contribution in [3.63, 3.8) is 0 Å². The number of nitrogens with zero attached hydrogens (tertiary/aromatic N) is 3. The molecule has 0 saturated carbocycles. The van der Waals surface area contributed by atoms with Crippen molar-refractivity contribution in [1.82, 2.24) is 24.8 Å². The highest BCUT2D eigenvalue weighted by Gasteiger charge is 2.13. The van der Waals surface area contributed by atoms with Gasteiger partial charge in [0, 0.05) is 33.8 Å². The van der Waals surface area contributed by atoms with Crippen LogP contribution in [0.1, 0.15) is 5.82 Å². The molecule has 1 aromatic heterocycles. The fourth-order valence-corrected chi connectivity index (χ4v) is 3.00. The molecule has 0 unspecified atom stereocenters. The van der Waals surface area contributed by atoms with Crippen molar-refractivity contribution in [2.45, 2.75) is 11.5 Å².